The van der Waals surface area contributed by atoms with E-state index in [1.165, 1.54) is 154 Å². The molecule has 1 atom stereocenters. The SMILES string of the molecule is CCCCC/C=C\C/C=C\C/C=C\CCCCCCC(=O)O[C@H](COC(=O)CCCCCCC/C=C\CCCCCCCC)COC(=O)CCCCCCCCCCC/C=C\C/C=C\CCCCC. The minimum absolute atomic E-state index is 0.0888. The number of carbonyl (C=O) groups is 3. The smallest absolute Gasteiger partial charge is 0.306 e. The summed E-state index contributed by atoms with van der Waals surface area (Å²) in [6.07, 6.45) is 73.1. The van der Waals surface area contributed by atoms with Crippen LogP contribution in [0.15, 0.2) is 72.9 Å². The van der Waals surface area contributed by atoms with Crippen LogP contribution in [0.4, 0.5) is 0 Å². The third kappa shape index (κ3) is 55.6. The van der Waals surface area contributed by atoms with Crippen molar-refractivity contribution < 1.29 is 28.6 Å². The number of hydrogen-bond acceptors (Lipinski definition) is 6. The maximum atomic E-state index is 12.9. The predicted molar refractivity (Wildman–Crippen MR) is 298 cm³/mol. The molecule has 0 aliphatic carbocycles. The lowest BCUT2D eigenvalue weighted by atomic mass is 10.1. The Labute approximate surface area is 427 Å². The maximum Gasteiger partial charge on any atom is 0.306 e. The van der Waals surface area contributed by atoms with Gasteiger partial charge in [-0.25, -0.2) is 0 Å². The number of ether oxygens (including phenoxy) is 3. The Morgan fingerprint density at radius 1 is 0.290 bits per heavy atom. The fraction of sp³-hybridized carbons (Fsp3) is 0.762. The zero-order valence-electron chi connectivity index (χ0n) is 45.6. The predicted octanol–water partition coefficient (Wildman–Crippen LogP) is 19.8. The Balaban J connectivity index is 4.42. The van der Waals surface area contributed by atoms with Crippen LogP contribution in [0.1, 0.15) is 290 Å². The van der Waals surface area contributed by atoms with E-state index in [9.17, 15) is 14.4 Å². The summed E-state index contributed by atoms with van der Waals surface area (Å²) in [5, 5.41) is 0. The molecule has 0 amide bonds. The fourth-order valence-corrected chi connectivity index (χ4v) is 8.18. The van der Waals surface area contributed by atoms with Gasteiger partial charge in [-0.3, -0.25) is 14.4 Å². The summed E-state index contributed by atoms with van der Waals surface area (Å²) in [6.45, 7) is 6.57. The molecule has 6 nitrogen and oxygen atoms in total. The third-order valence-corrected chi connectivity index (χ3v) is 12.7. The van der Waals surface area contributed by atoms with Crippen LogP contribution in [0.2, 0.25) is 0 Å². The molecule has 0 bridgehead atoms. The molecule has 0 unspecified atom stereocenters. The van der Waals surface area contributed by atoms with Crippen molar-refractivity contribution in [1.82, 2.24) is 0 Å². The van der Waals surface area contributed by atoms with E-state index in [1.54, 1.807) is 0 Å². The monoisotopic (exact) mass is 963 g/mol. The number of hydrogen-bond donors (Lipinski definition) is 0. The van der Waals surface area contributed by atoms with Crippen molar-refractivity contribution in [2.75, 3.05) is 13.2 Å². The van der Waals surface area contributed by atoms with Crippen LogP contribution in [0.3, 0.4) is 0 Å². The average molecular weight is 964 g/mol. The van der Waals surface area contributed by atoms with Gasteiger partial charge in [-0.05, 0) is 116 Å². The molecule has 0 saturated carbocycles. The van der Waals surface area contributed by atoms with Gasteiger partial charge in [0.1, 0.15) is 13.2 Å². The molecule has 0 radical (unpaired) electrons. The molecule has 0 spiro atoms. The molecule has 0 heterocycles. The van der Waals surface area contributed by atoms with Crippen molar-refractivity contribution in [1.29, 1.82) is 0 Å². The lowest BCUT2D eigenvalue weighted by molar-refractivity contribution is -0.167. The second kappa shape index (κ2) is 57.4. The van der Waals surface area contributed by atoms with Gasteiger partial charge in [-0.15, -0.1) is 0 Å². The van der Waals surface area contributed by atoms with E-state index in [1.807, 2.05) is 0 Å². The number of unbranched alkanes of at least 4 members (excludes halogenated alkanes) is 30. The lowest BCUT2D eigenvalue weighted by Gasteiger charge is -2.18. The topological polar surface area (TPSA) is 78.9 Å². The lowest BCUT2D eigenvalue weighted by Crippen LogP contribution is -2.30. The van der Waals surface area contributed by atoms with E-state index < -0.39 is 6.10 Å². The number of carbonyl (C=O) groups excluding carboxylic acids is 3. The third-order valence-electron chi connectivity index (χ3n) is 12.7. The number of rotatable bonds is 53. The van der Waals surface area contributed by atoms with Gasteiger partial charge in [-0.2, -0.15) is 0 Å². The highest BCUT2D eigenvalue weighted by Crippen LogP contribution is 2.15. The van der Waals surface area contributed by atoms with Crippen LogP contribution in [-0.4, -0.2) is 37.2 Å². The first-order valence-corrected chi connectivity index (χ1v) is 29.4. The van der Waals surface area contributed by atoms with Gasteiger partial charge in [0.05, 0.1) is 0 Å². The first-order valence-electron chi connectivity index (χ1n) is 29.4. The van der Waals surface area contributed by atoms with Crippen molar-refractivity contribution in [2.24, 2.45) is 0 Å². The molecule has 0 saturated heterocycles. The Morgan fingerprint density at radius 2 is 0.522 bits per heavy atom. The molecule has 0 aromatic rings. The summed E-state index contributed by atoms with van der Waals surface area (Å²) < 4.78 is 16.9. The minimum atomic E-state index is -0.793. The standard InChI is InChI=1S/C63H110O6/c1-4-7-10-13-16-19-22-25-28-30-31-33-35-38-41-44-47-50-53-56-62(65)68-59-60(58-67-61(64)55-52-49-46-43-40-37-34-27-24-21-18-15-12-9-6-3)69-63(66)57-54-51-48-45-42-39-36-32-29-26-23-20-17-14-11-8-5-2/h16-17,19-20,25-29,34,36,39,60H,4-15,18,21-24,30-33,35,37-38,40-59H2,1-3H3/b19-16-,20-17-,28-25-,29-26-,34-27-,39-36-/t60-/m1/s1. The van der Waals surface area contributed by atoms with E-state index in [0.29, 0.717) is 19.3 Å². The van der Waals surface area contributed by atoms with Crippen molar-refractivity contribution in [2.45, 2.75) is 297 Å². The Morgan fingerprint density at radius 3 is 0.855 bits per heavy atom. The summed E-state index contributed by atoms with van der Waals surface area (Å²) in [6, 6.07) is 0. The first-order chi connectivity index (χ1) is 34.0. The van der Waals surface area contributed by atoms with Crippen LogP contribution in [0, 0.1) is 0 Å². The Hall–Kier alpha value is -3.15. The second-order valence-electron chi connectivity index (χ2n) is 19.5. The van der Waals surface area contributed by atoms with Crippen molar-refractivity contribution in [3.8, 4) is 0 Å². The highest BCUT2D eigenvalue weighted by Gasteiger charge is 2.19. The molecule has 0 N–H and O–H groups in total. The number of esters is 3. The van der Waals surface area contributed by atoms with Gasteiger partial charge in [0.25, 0.3) is 0 Å². The maximum absolute atomic E-state index is 12.9. The van der Waals surface area contributed by atoms with Crippen molar-refractivity contribution in [3.63, 3.8) is 0 Å². The van der Waals surface area contributed by atoms with Crippen LogP contribution in [0.5, 0.6) is 0 Å². The molecule has 0 fully saturated rings. The molecule has 0 aromatic heterocycles. The van der Waals surface area contributed by atoms with E-state index in [4.69, 9.17) is 14.2 Å². The summed E-state index contributed by atoms with van der Waals surface area (Å²) in [4.78, 5) is 38.2. The highest BCUT2D eigenvalue weighted by atomic mass is 16.6. The summed E-state index contributed by atoms with van der Waals surface area (Å²) >= 11 is 0. The molecule has 0 rings (SSSR count). The van der Waals surface area contributed by atoms with Gasteiger partial charge < -0.3 is 14.2 Å². The Kier molecular flexibility index (Phi) is 54.8. The van der Waals surface area contributed by atoms with Crippen LogP contribution >= 0.6 is 0 Å². The van der Waals surface area contributed by atoms with E-state index in [0.717, 1.165) is 96.3 Å². The minimum Gasteiger partial charge on any atom is -0.462 e. The molecular formula is C63H110O6. The molecule has 69 heavy (non-hydrogen) atoms. The van der Waals surface area contributed by atoms with E-state index in [-0.39, 0.29) is 31.1 Å². The van der Waals surface area contributed by atoms with Crippen LogP contribution in [0.25, 0.3) is 0 Å². The molecule has 0 aromatic carbocycles. The van der Waals surface area contributed by atoms with E-state index in [2.05, 4.69) is 93.7 Å². The zero-order valence-corrected chi connectivity index (χ0v) is 45.6. The van der Waals surface area contributed by atoms with Crippen molar-refractivity contribution in [3.05, 3.63) is 72.9 Å². The van der Waals surface area contributed by atoms with E-state index >= 15 is 0 Å². The molecule has 6 heteroatoms. The first kappa shape index (κ1) is 65.8. The summed E-state index contributed by atoms with van der Waals surface area (Å²) in [5.41, 5.74) is 0. The van der Waals surface area contributed by atoms with Gasteiger partial charge in [-0.1, -0.05) is 229 Å². The molecular weight excluding hydrogens is 853 g/mol. The molecule has 398 valence electrons. The quantitative estimate of drug-likeness (QED) is 0.0262. The van der Waals surface area contributed by atoms with Gasteiger partial charge in [0.2, 0.25) is 0 Å². The normalized spacial score (nSPS) is 12.6. The van der Waals surface area contributed by atoms with Gasteiger partial charge in [0, 0.05) is 19.3 Å². The Bertz CT molecular complexity index is 1290. The highest BCUT2D eigenvalue weighted by molar-refractivity contribution is 5.71. The van der Waals surface area contributed by atoms with Crippen molar-refractivity contribution >= 4 is 17.9 Å². The van der Waals surface area contributed by atoms with Crippen LogP contribution < -0.4 is 0 Å². The molecule has 0 aliphatic rings. The number of allylic oxidation sites excluding steroid dienone is 12. The largest absolute Gasteiger partial charge is 0.462 e. The fourth-order valence-electron chi connectivity index (χ4n) is 8.18. The van der Waals surface area contributed by atoms with Gasteiger partial charge in [0.15, 0.2) is 6.10 Å². The zero-order chi connectivity index (χ0) is 50.0. The van der Waals surface area contributed by atoms with Gasteiger partial charge >= 0.3 is 17.9 Å². The molecule has 0 aliphatic heterocycles. The summed E-state index contributed by atoms with van der Waals surface area (Å²) in [7, 11) is 0. The average Bonchev–Trinajstić information content (AvgIpc) is 3.35. The van der Waals surface area contributed by atoms with Crippen LogP contribution in [-0.2, 0) is 28.6 Å². The summed E-state index contributed by atoms with van der Waals surface area (Å²) in [5.74, 6) is -0.914. The second-order valence-corrected chi connectivity index (χ2v) is 19.5.